The summed E-state index contributed by atoms with van der Waals surface area (Å²) in [5.74, 6) is 0.450. The van der Waals surface area contributed by atoms with Crippen LogP contribution in [0.4, 0.5) is 0 Å². The molecule has 5 N–H and O–H groups in total. The largest absolute Gasteiger partial charge is 0.391 e. The van der Waals surface area contributed by atoms with Crippen LogP contribution in [0.5, 0.6) is 0 Å². The highest BCUT2D eigenvalue weighted by Gasteiger charge is 2.18. The molecule has 28 heavy (non-hydrogen) atoms. The summed E-state index contributed by atoms with van der Waals surface area (Å²) in [6.45, 7) is 2.50. The van der Waals surface area contributed by atoms with Crippen LogP contribution in [0.25, 0.3) is 10.7 Å². The number of thioether (sulfide) groups is 1. The van der Waals surface area contributed by atoms with E-state index in [0.29, 0.717) is 30.2 Å². The molecule has 8 nitrogen and oxygen atoms in total. The summed E-state index contributed by atoms with van der Waals surface area (Å²) in [5.41, 5.74) is 6.70. The summed E-state index contributed by atoms with van der Waals surface area (Å²) < 4.78 is 0. The lowest BCUT2D eigenvalue weighted by Gasteiger charge is -2.13. The van der Waals surface area contributed by atoms with Crippen LogP contribution in [0.15, 0.2) is 10.8 Å². The molecule has 0 saturated carbocycles. The van der Waals surface area contributed by atoms with Crippen molar-refractivity contribution in [1.82, 2.24) is 20.6 Å². The standard InChI is InChI=1S/C17H25N5O3S3/c1-10(23)14(18)16(25)20-6-4-13-21-12(9-27-13)17-22-11(8-28-17)15(24)19-5-3-7-26-2/h8-10,14,23H,3-7,18H2,1-2H3,(H,19,24)(H,20,25)/t10-,14+/m1/s1. The molecule has 0 unspecified atom stereocenters. The third kappa shape index (κ3) is 6.82. The number of hydrogen-bond acceptors (Lipinski definition) is 9. The fourth-order valence-electron chi connectivity index (χ4n) is 2.16. The lowest BCUT2D eigenvalue weighted by molar-refractivity contribution is -0.124. The van der Waals surface area contributed by atoms with E-state index in [1.807, 2.05) is 11.6 Å². The van der Waals surface area contributed by atoms with E-state index < -0.39 is 12.1 Å². The third-order valence-corrected chi connectivity index (χ3v) is 6.25. The molecular weight excluding hydrogens is 418 g/mol. The second kappa shape index (κ2) is 11.5. The Bertz CT molecular complexity index is 778. The minimum Gasteiger partial charge on any atom is -0.391 e. The SMILES string of the molecule is CSCCCNC(=O)c1csc(-c2csc(CCNC(=O)[C@@H](N)[C@@H](C)O)n2)n1. The number of nitrogens with zero attached hydrogens (tertiary/aromatic N) is 2. The molecule has 0 aliphatic heterocycles. The van der Waals surface area contributed by atoms with E-state index in [1.165, 1.54) is 29.6 Å². The van der Waals surface area contributed by atoms with E-state index in [9.17, 15) is 14.7 Å². The van der Waals surface area contributed by atoms with Gasteiger partial charge in [0.2, 0.25) is 5.91 Å². The molecule has 0 spiro atoms. The Balaban J connectivity index is 1.84. The van der Waals surface area contributed by atoms with Gasteiger partial charge in [-0.1, -0.05) is 0 Å². The quantitative estimate of drug-likeness (QED) is 0.383. The number of nitrogens with two attached hydrogens (primary N) is 1. The summed E-state index contributed by atoms with van der Waals surface area (Å²) in [4.78, 5) is 32.7. The molecule has 0 fully saturated rings. The lowest BCUT2D eigenvalue weighted by Crippen LogP contribution is -2.47. The van der Waals surface area contributed by atoms with Crippen LogP contribution in [0.3, 0.4) is 0 Å². The van der Waals surface area contributed by atoms with Gasteiger partial charge in [-0.05, 0) is 25.4 Å². The van der Waals surface area contributed by atoms with Gasteiger partial charge in [-0.25, -0.2) is 9.97 Å². The number of amides is 2. The maximum absolute atomic E-state index is 12.1. The fraction of sp³-hybridized carbons (Fsp3) is 0.529. The molecule has 0 aliphatic rings. The monoisotopic (exact) mass is 443 g/mol. The molecule has 154 valence electrons. The molecule has 0 aromatic carbocycles. The fourth-order valence-corrected chi connectivity index (χ4v) is 4.21. The van der Waals surface area contributed by atoms with E-state index in [4.69, 9.17) is 5.73 Å². The molecular formula is C17H25N5O3S3. The Morgan fingerprint density at radius 3 is 2.75 bits per heavy atom. The number of rotatable bonds is 11. The highest BCUT2D eigenvalue weighted by atomic mass is 32.2. The van der Waals surface area contributed by atoms with E-state index in [1.54, 1.807) is 17.1 Å². The van der Waals surface area contributed by atoms with Crippen molar-refractivity contribution in [2.75, 3.05) is 25.1 Å². The number of thiazole rings is 2. The first kappa shape index (κ1) is 22.8. The van der Waals surface area contributed by atoms with Gasteiger partial charge < -0.3 is 21.5 Å². The highest BCUT2D eigenvalue weighted by molar-refractivity contribution is 7.98. The number of aromatic nitrogens is 2. The van der Waals surface area contributed by atoms with E-state index in [2.05, 4.69) is 20.6 Å². The van der Waals surface area contributed by atoms with Crippen molar-refractivity contribution in [2.24, 2.45) is 5.73 Å². The van der Waals surface area contributed by atoms with E-state index in [0.717, 1.165) is 22.9 Å². The molecule has 11 heteroatoms. The number of hydrogen-bond donors (Lipinski definition) is 4. The minimum absolute atomic E-state index is 0.170. The highest BCUT2D eigenvalue weighted by Crippen LogP contribution is 2.25. The lowest BCUT2D eigenvalue weighted by atomic mass is 10.2. The van der Waals surface area contributed by atoms with E-state index in [-0.39, 0.29) is 11.8 Å². The zero-order valence-electron chi connectivity index (χ0n) is 15.8. The molecule has 2 aromatic rings. The molecule has 2 rings (SSSR count). The number of carbonyl (C=O) groups excluding carboxylic acids is 2. The summed E-state index contributed by atoms with van der Waals surface area (Å²) in [5, 5.41) is 20.0. The molecule has 2 atom stereocenters. The minimum atomic E-state index is -0.938. The Morgan fingerprint density at radius 1 is 1.25 bits per heavy atom. The predicted octanol–water partition coefficient (Wildman–Crippen LogP) is 1.12. The zero-order valence-corrected chi connectivity index (χ0v) is 18.3. The summed E-state index contributed by atoms with van der Waals surface area (Å²) in [7, 11) is 0. The Morgan fingerprint density at radius 2 is 2.04 bits per heavy atom. The first-order valence-electron chi connectivity index (χ1n) is 8.81. The second-order valence-electron chi connectivity index (χ2n) is 6.07. The van der Waals surface area contributed by atoms with Crippen molar-refractivity contribution in [1.29, 1.82) is 0 Å². The topological polar surface area (TPSA) is 130 Å². The van der Waals surface area contributed by atoms with Gasteiger partial charge in [0.25, 0.3) is 5.91 Å². The van der Waals surface area contributed by atoms with Gasteiger partial charge in [-0.15, -0.1) is 22.7 Å². The Labute approximate surface area is 176 Å². The van der Waals surface area contributed by atoms with Crippen molar-refractivity contribution in [3.63, 3.8) is 0 Å². The smallest absolute Gasteiger partial charge is 0.270 e. The first-order chi connectivity index (χ1) is 13.4. The molecule has 0 saturated heterocycles. The number of aliphatic hydroxyl groups is 1. The molecule has 2 amide bonds. The molecule has 0 bridgehead atoms. The van der Waals surface area contributed by atoms with Crippen LogP contribution in [-0.2, 0) is 11.2 Å². The maximum Gasteiger partial charge on any atom is 0.270 e. The predicted molar refractivity (Wildman–Crippen MR) is 115 cm³/mol. The van der Waals surface area contributed by atoms with Crippen molar-refractivity contribution in [3.8, 4) is 10.7 Å². The van der Waals surface area contributed by atoms with Gasteiger partial charge in [0, 0.05) is 30.3 Å². The van der Waals surface area contributed by atoms with Crippen LogP contribution >= 0.6 is 34.4 Å². The Hall–Kier alpha value is -1.53. The normalized spacial score (nSPS) is 13.1. The Kier molecular flexibility index (Phi) is 9.32. The van der Waals surface area contributed by atoms with Crippen molar-refractivity contribution in [2.45, 2.75) is 31.9 Å². The number of nitrogens with one attached hydrogen (secondary N) is 2. The molecule has 2 heterocycles. The third-order valence-electron chi connectivity index (χ3n) is 3.78. The second-order valence-corrected chi connectivity index (χ2v) is 8.86. The maximum atomic E-state index is 12.1. The van der Waals surface area contributed by atoms with Crippen LogP contribution in [-0.4, -0.2) is 64.1 Å². The first-order valence-corrected chi connectivity index (χ1v) is 12.0. The van der Waals surface area contributed by atoms with Crippen LogP contribution in [0.1, 0.15) is 28.8 Å². The van der Waals surface area contributed by atoms with Crippen molar-refractivity contribution in [3.05, 3.63) is 21.5 Å². The number of aliphatic hydroxyl groups excluding tert-OH is 1. The van der Waals surface area contributed by atoms with Gasteiger partial charge in [-0.3, -0.25) is 9.59 Å². The van der Waals surface area contributed by atoms with Crippen LogP contribution < -0.4 is 16.4 Å². The van der Waals surface area contributed by atoms with E-state index >= 15 is 0 Å². The van der Waals surface area contributed by atoms with Gasteiger partial charge in [-0.2, -0.15) is 11.8 Å². The summed E-state index contributed by atoms with van der Waals surface area (Å²) in [6.07, 6.45) is 2.62. The van der Waals surface area contributed by atoms with Crippen molar-refractivity contribution >= 4 is 46.2 Å². The summed E-state index contributed by atoms with van der Waals surface area (Å²) in [6, 6.07) is -0.938. The van der Waals surface area contributed by atoms with Gasteiger partial charge in [0.05, 0.1) is 11.1 Å². The molecule has 0 radical (unpaired) electrons. The molecule has 0 aliphatic carbocycles. The van der Waals surface area contributed by atoms with Gasteiger partial charge in [0.1, 0.15) is 22.4 Å². The average molecular weight is 444 g/mol. The zero-order chi connectivity index (χ0) is 20.5. The van der Waals surface area contributed by atoms with Gasteiger partial charge in [0.15, 0.2) is 0 Å². The van der Waals surface area contributed by atoms with Crippen molar-refractivity contribution < 1.29 is 14.7 Å². The average Bonchev–Trinajstić information content (AvgIpc) is 3.33. The summed E-state index contributed by atoms with van der Waals surface area (Å²) >= 11 is 4.60. The molecule has 2 aromatic heterocycles. The number of carbonyl (C=O) groups is 2. The van der Waals surface area contributed by atoms with Crippen LogP contribution in [0, 0.1) is 0 Å². The van der Waals surface area contributed by atoms with Crippen LogP contribution in [0.2, 0.25) is 0 Å². The van der Waals surface area contributed by atoms with Gasteiger partial charge >= 0.3 is 0 Å².